The maximum Gasteiger partial charge on any atom is 0.322 e. The van der Waals surface area contributed by atoms with Crippen LogP contribution < -0.4 is 10.6 Å². The summed E-state index contributed by atoms with van der Waals surface area (Å²) in [6.07, 6.45) is 0. The van der Waals surface area contributed by atoms with Crippen molar-refractivity contribution in [3.63, 3.8) is 0 Å². The van der Waals surface area contributed by atoms with Crippen LogP contribution in [0.15, 0.2) is 36.4 Å². The fourth-order valence-corrected chi connectivity index (χ4v) is 2.73. The Balaban J connectivity index is 2.17. The topological polar surface area (TPSA) is 61.4 Å². The Morgan fingerprint density at radius 3 is 2.37 bits per heavy atom. The van der Waals surface area contributed by atoms with E-state index in [2.05, 4.69) is 10.6 Å². The predicted molar refractivity (Wildman–Crippen MR) is 107 cm³/mol. The summed E-state index contributed by atoms with van der Waals surface area (Å²) in [5, 5.41) is 5.96. The predicted octanol–water partition coefficient (Wildman–Crippen LogP) is 5.53. The summed E-state index contributed by atoms with van der Waals surface area (Å²) in [6, 6.07) is 8.69. The van der Waals surface area contributed by atoms with Crippen LogP contribution in [0.4, 0.5) is 20.6 Å². The van der Waals surface area contributed by atoms with Crippen LogP contribution in [-0.2, 0) is 11.3 Å². The molecule has 2 rings (SSSR count). The lowest BCUT2D eigenvalue weighted by Gasteiger charge is -2.27. The molecule has 27 heavy (non-hydrogen) atoms. The SMILES string of the molecule is CC(=O)Nc1cc(NC(=O)N(Cc2ccc(Cl)c(Cl)c2)C(C)C)ccc1F. The van der Waals surface area contributed by atoms with Gasteiger partial charge in [-0.1, -0.05) is 29.3 Å². The largest absolute Gasteiger partial charge is 0.324 e. The van der Waals surface area contributed by atoms with Gasteiger partial charge in [0.2, 0.25) is 5.91 Å². The van der Waals surface area contributed by atoms with Crippen molar-refractivity contribution in [2.24, 2.45) is 0 Å². The number of nitrogens with one attached hydrogen (secondary N) is 2. The molecule has 0 heterocycles. The van der Waals surface area contributed by atoms with Crippen LogP contribution in [0, 0.1) is 5.82 Å². The molecule has 5 nitrogen and oxygen atoms in total. The summed E-state index contributed by atoms with van der Waals surface area (Å²) in [4.78, 5) is 25.5. The standard InChI is InChI=1S/C19H20Cl2FN3O2/c1-11(2)25(10-13-4-6-15(20)16(21)8-13)19(27)24-14-5-7-17(22)18(9-14)23-12(3)26/h4-9,11H,10H2,1-3H3,(H,23,26)(H,24,27). The lowest BCUT2D eigenvalue weighted by Crippen LogP contribution is -2.39. The van der Waals surface area contributed by atoms with Crippen LogP contribution >= 0.6 is 23.2 Å². The van der Waals surface area contributed by atoms with Gasteiger partial charge in [-0.05, 0) is 49.7 Å². The van der Waals surface area contributed by atoms with Gasteiger partial charge in [-0.25, -0.2) is 9.18 Å². The molecule has 0 spiro atoms. The molecule has 0 bridgehead atoms. The molecule has 0 fully saturated rings. The quantitative estimate of drug-likeness (QED) is 0.678. The van der Waals surface area contributed by atoms with Gasteiger partial charge in [0.1, 0.15) is 5.82 Å². The molecule has 8 heteroatoms. The van der Waals surface area contributed by atoms with Gasteiger partial charge in [0, 0.05) is 25.2 Å². The first kappa shape index (κ1) is 21.0. The van der Waals surface area contributed by atoms with Crippen molar-refractivity contribution in [2.45, 2.75) is 33.4 Å². The average Bonchev–Trinajstić information content (AvgIpc) is 2.58. The Morgan fingerprint density at radius 2 is 1.78 bits per heavy atom. The molecule has 3 amide bonds. The van der Waals surface area contributed by atoms with Gasteiger partial charge >= 0.3 is 6.03 Å². The number of nitrogens with zero attached hydrogens (tertiary/aromatic N) is 1. The molecule has 0 atom stereocenters. The number of rotatable bonds is 5. The fourth-order valence-electron chi connectivity index (χ4n) is 2.41. The minimum Gasteiger partial charge on any atom is -0.324 e. The number of amides is 3. The first-order chi connectivity index (χ1) is 12.7. The first-order valence-electron chi connectivity index (χ1n) is 8.26. The van der Waals surface area contributed by atoms with E-state index in [-0.39, 0.29) is 17.8 Å². The van der Waals surface area contributed by atoms with Crippen LogP contribution in [0.2, 0.25) is 10.0 Å². The van der Waals surface area contributed by atoms with Crippen molar-refractivity contribution in [1.29, 1.82) is 0 Å². The summed E-state index contributed by atoms with van der Waals surface area (Å²) in [5.41, 5.74) is 1.19. The van der Waals surface area contributed by atoms with E-state index in [9.17, 15) is 14.0 Å². The zero-order valence-electron chi connectivity index (χ0n) is 15.1. The maximum atomic E-state index is 13.8. The minimum absolute atomic E-state index is 0.000815. The summed E-state index contributed by atoms with van der Waals surface area (Å²) in [6.45, 7) is 5.36. The molecule has 0 radical (unpaired) electrons. The molecule has 144 valence electrons. The van der Waals surface area contributed by atoms with E-state index in [0.29, 0.717) is 22.3 Å². The Bertz CT molecular complexity index is 859. The number of hydrogen-bond acceptors (Lipinski definition) is 2. The van der Waals surface area contributed by atoms with E-state index < -0.39 is 11.7 Å². The Morgan fingerprint density at radius 1 is 1.07 bits per heavy atom. The average molecular weight is 412 g/mol. The third kappa shape index (κ3) is 5.84. The number of benzene rings is 2. The van der Waals surface area contributed by atoms with Crippen molar-refractivity contribution < 1.29 is 14.0 Å². The first-order valence-corrected chi connectivity index (χ1v) is 9.01. The lowest BCUT2D eigenvalue weighted by molar-refractivity contribution is -0.114. The second-order valence-corrected chi connectivity index (χ2v) is 7.09. The number of urea groups is 1. The Kier molecular flexibility index (Phi) is 7.05. The van der Waals surface area contributed by atoms with Gasteiger partial charge in [-0.3, -0.25) is 4.79 Å². The van der Waals surface area contributed by atoms with E-state index in [1.165, 1.54) is 25.1 Å². The van der Waals surface area contributed by atoms with Gasteiger partial charge in [0.15, 0.2) is 0 Å². The van der Waals surface area contributed by atoms with Gasteiger partial charge in [-0.15, -0.1) is 0 Å². The van der Waals surface area contributed by atoms with Crippen molar-refractivity contribution in [3.05, 3.63) is 57.8 Å². The molecule has 0 saturated carbocycles. The van der Waals surface area contributed by atoms with Crippen LogP contribution in [0.5, 0.6) is 0 Å². The molecule has 0 aliphatic heterocycles. The van der Waals surface area contributed by atoms with E-state index in [4.69, 9.17) is 23.2 Å². The smallest absolute Gasteiger partial charge is 0.322 e. The van der Waals surface area contributed by atoms with Crippen molar-refractivity contribution in [2.75, 3.05) is 10.6 Å². The highest BCUT2D eigenvalue weighted by Crippen LogP contribution is 2.24. The van der Waals surface area contributed by atoms with Crippen LogP contribution in [-0.4, -0.2) is 22.9 Å². The van der Waals surface area contributed by atoms with E-state index in [1.54, 1.807) is 23.1 Å². The molecular formula is C19H20Cl2FN3O2. The normalized spacial score (nSPS) is 10.6. The number of carbonyl (C=O) groups excluding carboxylic acids is 2. The maximum absolute atomic E-state index is 13.8. The van der Waals surface area contributed by atoms with E-state index >= 15 is 0 Å². The third-order valence-corrected chi connectivity index (χ3v) is 4.49. The summed E-state index contributed by atoms with van der Waals surface area (Å²) < 4.78 is 13.8. The monoisotopic (exact) mass is 411 g/mol. The molecule has 2 aromatic carbocycles. The Hall–Kier alpha value is -2.31. The zero-order chi connectivity index (χ0) is 20.1. The van der Waals surface area contributed by atoms with E-state index in [0.717, 1.165) is 5.56 Å². The summed E-state index contributed by atoms with van der Waals surface area (Å²) >= 11 is 12.0. The second kappa shape index (κ2) is 9.06. The number of halogens is 3. The number of hydrogen-bond donors (Lipinski definition) is 2. The summed E-state index contributed by atoms with van der Waals surface area (Å²) in [5.74, 6) is -0.986. The zero-order valence-corrected chi connectivity index (χ0v) is 16.7. The molecule has 0 unspecified atom stereocenters. The molecule has 2 aromatic rings. The Labute approximate surface area is 167 Å². The number of anilines is 2. The fraction of sp³-hybridized carbons (Fsp3) is 0.263. The summed E-state index contributed by atoms with van der Waals surface area (Å²) in [7, 11) is 0. The van der Waals surface area contributed by atoms with Crippen LogP contribution in [0.1, 0.15) is 26.3 Å². The third-order valence-electron chi connectivity index (χ3n) is 3.75. The van der Waals surface area contributed by atoms with Gasteiger partial charge in [0.25, 0.3) is 0 Å². The number of carbonyl (C=O) groups is 2. The van der Waals surface area contributed by atoms with Crippen molar-refractivity contribution in [1.82, 2.24) is 4.90 Å². The van der Waals surface area contributed by atoms with Crippen LogP contribution in [0.25, 0.3) is 0 Å². The highest BCUT2D eigenvalue weighted by molar-refractivity contribution is 6.42. The second-order valence-electron chi connectivity index (χ2n) is 6.28. The van der Waals surface area contributed by atoms with Crippen molar-refractivity contribution >= 4 is 46.5 Å². The molecule has 0 aliphatic rings. The minimum atomic E-state index is -0.584. The van der Waals surface area contributed by atoms with E-state index in [1.807, 2.05) is 13.8 Å². The van der Waals surface area contributed by atoms with Gasteiger partial charge in [0.05, 0.1) is 15.7 Å². The lowest BCUT2D eigenvalue weighted by atomic mass is 10.2. The molecular weight excluding hydrogens is 392 g/mol. The van der Waals surface area contributed by atoms with Crippen LogP contribution in [0.3, 0.4) is 0 Å². The molecule has 0 saturated heterocycles. The van der Waals surface area contributed by atoms with Gasteiger partial charge in [-0.2, -0.15) is 0 Å². The van der Waals surface area contributed by atoms with Gasteiger partial charge < -0.3 is 15.5 Å². The molecule has 0 aromatic heterocycles. The van der Waals surface area contributed by atoms with Crippen molar-refractivity contribution in [3.8, 4) is 0 Å². The highest BCUT2D eigenvalue weighted by atomic mass is 35.5. The molecule has 0 aliphatic carbocycles. The molecule has 2 N–H and O–H groups in total. The highest BCUT2D eigenvalue weighted by Gasteiger charge is 2.18.